The SMILES string of the molecule is C=C(NC)/C(C)=C/N=C(C)C. The molecule has 0 radical (unpaired) electrons. The van der Waals surface area contributed by atoms with Gasteiger partial charge in [0.05, 0.1) is 0 Å². The molecule has 0 heterocycles. The van der Waals surface area contributed by atoms with Crippen molar-refractivity contribution in [2.24, 2.45) is 4.99 Å². The van der Waals surface area contributed by atoms with Gasteiger partial charge in [-0.2, -0.15) is 0 Å². The van der Waals surface area contributed by atoms with Gasteiger partial charge in [-0.15, -0.1) is 0 Å². The molecule has 0 aliphatic heterocycles. The van der Waals surface area contributed by atoms with E-state index >= 15 is 0 Å². The molecule has 0 saturated heterocycles. The fourth-order valence-electron chi connectivity index (χ4n) is 0.501. The summed E-state index contributed by atoms with van der Waals surface area (Å²) in [6.07, 6.45) is 1.81. The van der Waals surface area contributed by atoms with Crippen LogP contribution in [-0.2, 0) is 0 Å². The maximum Gasteiger partial charge on any atom is 0.0316 e. The molecule has 0 rings (SSSR count). The Morgan fingerprint density at radius 2 is 1.91 bits per heavy atom. The molecule has 0 aliphatic rings. The van der Waals surface area contributed by atoms with Crippen molar-refractivity contribution in [2.45, 2.75) is 20.8 Å². The Labute approximate surface area is 68.7 Å². The molecule has 2 heteroatoms. The molecule has 0 spiro atoms. The maximum atomic E-state index is 4.15. The van der Waals surface area contributed by atoms with Crippen molar-refractivity contribution in [1.29, 1.82) is 0 Å². The highest BCUT2D eigenvalue weighted by atomic mass is 14.8. The fraction of sp³-hybridized carbons (Fsp3) is 0.444. The summed E-state index contributed by atoms with van der Waals surface area (Å²) in [5, 5.41) is 2.96. The fourth-order valence-corrected chi connectivity index (χ4v) is 0.501. The molecule has 62 valence electrons. The van der Waals surface area contributed by atoms with Crippen molar-refractivity contribution in [3.63, 3.8) is 0 Å². The van der Waals surface area contributed by atoms with Gasteiger partial charge in [-0.05, 0) is 26.3 Å². The van der Waals surface area contributed by atoms with Crippen molar-refractivity contribution >= 4 is 5.71 Å². The number of nitrogens with zero attached hydrogens (tertiary/aromatic N) is 1. The van der Waals surface area contributed by atoms with Crippen LogP contribution >= 0.6 is 0 Å². The topological polar surface area (TPSA) is 24.4 Å². The zero-order valence-electron chi connectivity index (χ0n) is 7.73. The van der Waals surface area contributed by atoms with Gasteiger partial charge in [-0.25, -0.2) is 0 Å². The maximum absolute atomic E-state index is 4.15. The Morgan fingerprint density at radius 3 is 2.27 bits per heavy atom. The Morgan fingerprint density at radius 1 is 1.36 bits per heavy atom. The minimum absolute atomic E-state index is 0.912. The second-order valence-electron chi connectivity index (χ2n) is 2.62. The number of nitrogens with one attached hydrogen (secondary N) is 1. The minimum Gasteiger partial charge on any atom is -0.388 e. The van der Waals surface area contributed by atoms with Crippen molar-refractivity contribution in [3.8, 4) is 0 Å². The molecule has 0 unspecified atom stereocenters. The summed E-state index contributed by atoms with van der Waals surface area (Å²) in [6, 6.07) is 0. The van der Waals surface area contributed by atoms with Gasteiger partial charge in [0.2, 0.25) is 0 Å². The molecule has 2 nitrogen and oxygen atoms in total. The molecule has 0 aromatic rings. The first-order valence-electron chi connectivity index (χ1n) is 3.62. The van der Waals surface area contributed by atoms with E-state index in [4.69, 9.17) is 0 Å². The van der Waals surface area contributed by atoms with Crippen LogP contribution in [0.3, 0.4) is 0 Å². The smallest absolute Gasteiger partial charge is 0.0316 e. The van der Waals surface area contributed by atoms with Crippen LogP contribution < -0.4 is 5.32 Å². The van der Waals surface area contributed by atoms with E-state index in [1.807, 2.05) is 34.0 Å². The Bertz CT molecular complexity index is 196. The van der Waals surface area contributed by atoms with Crippen LogP contribution in [-0.4, -0.2) is 12.8 Å². The number of hydrogen-bond donors (Lipinski definition) is 1. The highest BCUT2D eigenvalue weighted by Gasteiger charge is 1.89. The Balaban J connectivity index is 4.23. The predicted molar refractivity (Wildman–Crippen MR) is 50.7 cm³/mol. The highest BCUT2D eigenvalue weighted by molar-refractivity contribution is 5.79. The standard InChI is InChI=1S/C9H16N2/c1-7(2)11-6-8(3)9(4)10-5/h6,10H,4H2,1-3,5H3/b8-6+. The molecular formula is C9H16N2. The van der Waals surface area contributed by atoms with E-state index in [0.717, 1.165) is 17.0 Å². The summed E-state index contributed by atoms with van der Waals surface area (Å²) in [5.74, 6) is 0. The summed E-state index contributed by atoms with van der Waals surface area (Å²) in [5.41, 5.74) is 3.02. The zero-order chi connectivity index (χ0) is 8.85. The second kappa shape index (κ2) is 4.72. The van der Waals surface area contributed by atoms with Gasteiger partial charge < -0.3 is 5.32 Å². The van der Waals surface area contributed by atoms with Crippen molar-refractivity contribution in [1.82, 2.24) is 5.32 Å². The molecule has 0 saturated carbocycles. The van der Waals surface area contributed by atoms with Gasteiger partial charge in [-0.3, -0.25) is 4.99 Å². The van der Waals surface area contributed by atoms with E-state index in [1.165, 1.54) is 0 Å². The quantitative estimate of drug-likeness (QED) is 0.486. The molecule has 0 amide bonds. The van der Waals surface area contributed by atoms with Crippen LogP contribution in [0.25, 0.3) is 0 Å². The molecular weight excluding hydrogens is 136 g/mol. The third-order valence-corrected chi connectivity index (χ3v) is 1.29. The average molecular weight is 152 g/mol. The minimum atomic E-state index is 0.912. The number of likely N-dealkylation sites (N-methyl/N-ethyl adjacent to an activating group) is 1. The van der Waals surface area contributed by atoms with E-state index in [-0.39, 0.29) is 0 Å². The lowest BCUT2D eigenvalue weighted by molar-refractivity contribution is 1.00. The highest BCUT2D eigenvalue weighted by Crippen LogP contribution is 2.01. The number of aliphatic imine (C=N–C) groups is 1. The molecule has 1 N–H and O–H groups in total. The summed E-state index contributed by atoms with van der Waals surface area (Å²) in [6.45, 7) is 9.71. The zero-order valence-corrected chi connectivity index (χ0v) is 7.73. The van der Waals surface area contributed by atoms with Crippen LogP contribution in [0.5, 0.6) is 0 Å². The van der Waals surface area contributed by atoms with Gasteiger partial charge in [0, 0.05) is 24.7 Å². The van der Waals surface area contributed by atoms with Crippen molar-refractivity contribution < 1.29 is 0 Å². The van der Waals surface area contributed by atoms with Gasteiger partial charge in [0.25, 0.3) is 0 Å². The normalized spacial score (nSPS) is 10.7. The molecule has 0 atom stereocenters. The van der Waals surface area contributed by atoms with Gasteiger partial charge in [0.15, 0.2) is 0 Å². The summed E-state index contributed by atoms with van der Waals surface area (Å²) >= 11 is 0. The lowest BCUT2D eigenvalue weighted by Crippen LogP contribution is -2.04. The van der Waals surface area contributed by atoms with Gasteiger partial charge in [-0.1, -0.05) is 6.58 Å². The number of hydrogen-bond acceptors (Lipinski definition) is 2. The van der Waals surface area contributed by atoms with Crippen molar-refractivity contribution in [2.75, 3.05) is 7.05 Å². The first-order valence-corrected chi connectivity index (χ1v) is 3.62. The van der Waals surface area contributed by atoms with E-state index < -0.39 is 0 Å². The number of rotatable bonds is 3. The molecule has 11 heavy (non-hydrogen) atoms. The molecule has 0 aromatic carbocycles. The van der Waals surface area contributed by atoms with Gasteiger partial charge in [0.1, 0.15) is 0 Å². The first-order chi connectivity index (χ1) is 5.07. The average Bonchev–Trinajstić information content (AvgIpc) is 1.98. The summed E-state index contributed by atoms with van der Waals surface area (Å²) < 4.78 is 0. The molecule has 0 fully saturated rings. The van der Waals surface area contributed by atoms with E-state index in [1.54, 1.807) is 0 Å². The summed E-state index contributed by atoms with van der Waals surface area (Å²) in [4.78, 5) is 4.15. The Hall–Kier alpha value is -1.05. The van der Waals surface area contributed by atoms with Crippen LogP contribution in [0, 0.1) is 0 Å². The molecule has 0 bridgehead atoms. The second-order valence-corrected chi connectivity index (χ2v) is 2.62. The monoisotopic (exact) mass is 152 g/mol. The third-order valence-electron chi connectivity index (χ3n) is 1.29. The van der Waals surface area contributed by atoms with Crippen LogP contribution in [0.4, 0.5) is 0 Å². The van der Waals surface area contributed by atoms with Crippen LogP contribution in [0.1, 0.15) is 20.8 Å². The molecule has 0 aromatic heterocycles. The van der Waals surface area contributed by atoms with Gasteiger partial charge >= 0.3 is 0 Å². The lowest BCUT2D eigenvalue weighted by Gasteiger charge is -2.02. The predicted octanol–water partition coefficient (Wildman–Crippen LogP) is 2.10. The lowest BCUT2D eigenvalue weighted by atomic mass is 10.2. The first kappa shape index (κ1) is 9.95. The summed E-state index contributed by atoms with van der Waals surface area (Å²) in [7, 11) is 1.85. The van der Waals surface area contributed by atoms with E-state index in [9.17, 15) is 0 Å². The van der Waals surface area contributed by atoms with Crippen LogP contribution in [0.2, 0.25) is 0 Å². The number of allylic oxidation sites excluding steroid dienone is 1. The van der Waals surface area contributed by atoms with Crippen molar-refractivity contribution in [3.05, 3.63) is 24.0 Å². The molecule has 0 aliphatic carbocycles. The Kier molecular flexibility index (Phi) is 4.27. The van der Waals surface area contributed by atoms with E-state index in [0.29, 0.717) is 0 Å². The third kappa shape index (κ3) is 4.37. The largest absolute Gasteiger partial charge is 0.388 e. The van der Waals surface area contributed by atoms with E-state index in [2.05, 4.69) is 16.9 Å². The van der Waals surface area contributed by atoms with Crippen LogP contribution in [0.15, 0.2) is 29.0 Å².